The molecule has 1 heterocycles. The second-order valence-corrected chi connectivity index (χ2v) is 9.38. The minimum absolute atomic E-state index is 0.0397. The van der Waals surface area contributed by atoms with Gasteiger partial charge in [0.15, 0.2) is 0 Å². The molecule has 5 heteroatoms. The first-order valence-electron chi connectivity index (χ1n) is 12.5. The van der Waals surface area contributed by atoms with Crippen molar-refractivity contribution in [3.8, 4) is 11.5 Å². The number of ether oxygens (including phenoxy) is 3. The average Bonchev–Trinajstić information content (AvgIpc) is 2.81. The molecule has 2 aromatic rings. The first-order chi connectivity index (χ1) is 16.5. The smallest absolute Gasteiger partial charge is 0.311 e. The molecule has 0 spiro atoms. The Labute approximate surface area is 203 Å². The maximum absolute atomic E-state index is 11.9. The SMILES string of the molecule is CCCc1ccc(COc2ccc3c(c2)CCC(CN2CC(C(=O)OCC)C2)=C3C)c(OC)c1. The van der Waals surface area contributed by atoms with Gasteiger partial charge in [0, 0.05) is 25.2 Å². The van der Waals surface area contributed by atoms with Crippen LogP contribution in [0, 0.1) is 5.92 Å². The van der Waals surface area contributed by atoms with Crippen molar-refractivity contribution in [2.75, 3.05) is 33.4 Å². The van der Waals surface area contributed by atoms with Crippen LogP contribution in [-0.2, 0) is 29.0 Å². The molecule has 2 aromatic carbocycles. The number of hydrogen-bond donors (Lipinski definition) is 0. The molecule has 0 atom stereocenters. The maximum Gasteiger partial charge on any atom is 0.311 e. The molecule has 0 saturated carbocycles. The van der Waals surface area contributed by atoms with E-state index in [-0.39, 0.29) is 11.9 Å². The molecular weight excluding hydrogens is 426 g/mol. The Balaban J connectivity index is 1.37. The van der Waals surface area contributed by atoms with E-state index in [1.165, 1.54) is 27.8 Å². The maximum atomic E-state index is 11.9. The van der Waals surface area contributed by atoms with E-state index in [1.807, 2.05) is 6.92 Å². The summed E-state index contributed by atoms with van der Waals surface area (Å²) in [6, 6.07) is 12.9. The normalized spacial score (nSPS) is 16.1. The molecule has 5 nitrogen and oxygen atoms in total. The summed E-state index contributed by atoms with van der Waals surface area (Å²) in [5.74, 6) is 1.77. The van der Waals surface area contributed by atoms with Gasteiger partial charge in [-0.25, -0.2) is 0 Å². The predicted octanol–water partition coefficient (Wildman–Crippen LogP) is 5.44. The van der Waals surface area contributed by atoms with E-state index in [0.29, 0.717) is 13.2 Å². The fraction of sp³-hybridized carbons (Fsp3) is 0.483. The van der Waals surface area contributed by atoms with Gasteiger partial charge in [-0.15, -0.1) is 0 Å². The summed E-state index contributed by atoms with van der Waals surface area (Å²) in [5, 5.41) is 0. The van der Waals surface area contributed by atoms with Crippen LogP contribution < -0.4 is 9.47 Å². The van der Waals surface area contributed by atoms with Crippen LogP contribution in [0.25, 0.3) is 5.57 Å². The molecule has 1 aliphatic heterocycles. The van der Waals surface area contributed by atoms with Gasteiger partial charge >= 0.3 is 5.97 Å². The lowest BCUT2D eigenvalue weighted by Crippen LogP contribution is -2.51. The Kier molecular flexibility index (Phi) is 7.94. The zero-order chi connectivity index (χ0) is 24.1. The van der Waals surface area contributed by atoms with Gasteiger partial charge in [0.05, 0.1) is 19.6 Å². The highest BCUT2D eigenvalue weighted by molar-refractivity contribution is 5.74. The lowest BCUT2D eigenvalue weighted by atomic mass is 9.85. The fourth-order valence-corrected chi connectivity index (χ4v) is 4.99. The van der Waals surface area contributed by atoms with Crippen LogP contribution >= 0.6 is 0 Å². The Hall–Kier alpha value is -2.79. The molecule has 0 N–H and O–H groups in total. The van der Waals surface area contributed by atoms with Crippen molar-refractivity contribution in [1.29, 1.82) is 0 Å². The number of methoxy groups -OCH3 is 1. The van der Waals surface area contributed by atoms with Crippen LogP contribution in [0.1, 0.15) is 55.9 Å². The topological polar surface area (TPSA) is 48.0 Å². The zero-order valence-corrected chi connectivity index (χ0v) is 21.0. The standard InChI is InChI=1S/C29H37NO4/c1-5-7-21-8-9-24(28(14-21)32-4)19-34-26-12-13-27-20(3)23(11-10-22(27)15-26)16-30-17-25(18-30)29(31)33-6-2/h8-9,12-15,25H,5-7,10-11,16-19H2,1-4H3. The molecule has 0 aromatic heterocycles. The van der Waals surface area contributed by atoms with E-state index in [9.17, 15) is 4.79 Å². The van der Waals surface area contributed by atoms with Crippen molar-refractivity contribution in [2.24, 2.45) is 5.92 Å². The van der Waals surface area contributed by atoms with Crippen molar-refractivity contribution in [1.82, 2.24) is 4.90 Å². The summed E-state index contributed by atoms with van der Waals surface area (Å²) in [5.41, 5.74) is 7.86. The van der Waals surface area contributed by atoms with Gasteiger partial charge < -0.3 is 14.2 Å². The van der Waals surface area contributed by atoms with Gasteiger partial charge in [-0.2, -0.15) is 0 Å². The van der Waals surface area contributed by atoms with Gasteiger partial charge in [0.25, 0.3) is 0 Å². The van der Waals surface area contributed by atoms with Crippen LogP contribution in [0.2, 0.25) is 0 Å². The summed E-state index contributed by atoms with van der Waals surface area (Å²) < 4.78 is 16.9. The Morgan fingerprint density at radius 2 is 1.91 bits per heavy atom. The molecule has 4 rings (SSSR count). The molecular formula is C29H37NO4. The van der Waals surface area contributed by atoms with Crippen LogP contribution in [-0.4, -0.2) is 44.2 Å². The van der Waals surface area contributed by atoms with Crippen LogP contribution in [0.15, 0.2) is 42.0 Å². The first-order valence-corrected chi connectivity index (χ1v) is 12.5. The van der Waals surface area contributed by atoms with Crippen molar-refractivity contribution in [3.63, 3.8) is 0 Å². The van der Waals surface area contributed by atoms with E-state index in [2.05, 4.69) is 55.1 Å². The van der Waals surface area contributed by atoms with Crippen molar-refractivity contribution in [2.45, 2.75) is 53.1 Å². The number of hydrogen-bond acceptors (Lipinski definition) is 5. The van der Waals surface area contributed by atoms with Crippen LogP contribution in [0.3, 0.4) is 0 Å². The number of aryl methyl sites for hydroxylation is 2. The average molecular weight is 464 g/mol. The largest absolute Gasteiger partial charge is 0.496 e. The summed E-state index contributed by atoms with van der Waals surface area (Å²) >= 11 is 0. The third-order valence-electron chi connectivity index (χ3n) is 6.98. The number of allylic oxidation sites excluding steroid dienone is 1. The van der Waals surface area contributed by atoms with E-state index in [4.69, 9.17) is 14.2 Å². The van der Waals surface area contributed by atoms with Gasteiger partial charge in [-0.05, 0) is 73.6 Å². The fourth-order valence-electron chi connectivity index (χ4n) is 4.99. The monoisotopic (exact) mass is 463 g/mol. The number of nitrogens with zero attached hydrogens (tertiary/aromatic N) is 1. The lowest BCUT2D eigenvalue weighted by Gasteiger charge is -2.39. The van der Waals surface area contributed by atoms with Crippen LogP contribution in [0.5, 0.6) is 11.5 Å². The molecule has 1 fully saturated rings. The number of fused-ring (bicyclic) bond motifs is 1. The number of rotatable bonds is 10. The highest BCUT2D eigenvalue weighted by Gasteiger charge is 2.34. The summed E-state index contributed by atoms with van der Waals surface area (Å²) in [6.45, 7) is 9.76. The molecule has 0 radical (unpaired) electrons. The molecule has 2 aliphatic rings. The van der Waals surface area contributed by atoms with Gasteiger partial charge in [0.1, 0.15) is 18.1 Å². The highest BCUT2D eigenvalue weighted by Crippen LogP contribution is 2.35. The van der Waals surface area contributed by atoms with Crippen molar-refractivity contribution in [3.05, 3.63) is 64.2 Å². The van der Waals surface area contributed by atoms with Gasteiger partial charge in [-0.3, -0.25) is 9.69 Å². The predicted molar refractivity (Wildman–Crippen MR) is 135 cm³/mol. The van der Waals surface area contributed by atoms with Crippen molar-refractivity contribution < 1.29 is 19.0 Å². The summed E-state index contributed by atoms with van der Waals surface area (Å²) in [7, 11) is 1.72. The van der Waals surface area contributed by atoms with E-state index in [1.54, 1.807) is 7.11 Å². The number of benzene rings is 2. The first kappa shape index (κ1) is 24.3. The van der Waals surface area contributed by atoms with E-state index < -0.39 is 0 Å². The van der Waals surface area contributed by atoms with Crippen molar-refractivity contribution >= 4 is 11.5 Å². The Morgan fingerprint density at radius 3 is 2.65 bits per heavy atom. The number of likely N-dealkylation sites (tertiary alicyclic amines) is 1. The third-order valence-corrected chi connectivity index (χ3v) is 6.98. The summed E-state index contributed by atoms with van der Waals surface area (Å²) in [4.78, 5) is 14.2. The molecule has 1 aliphatic carbocycles. The second-order valence-electron chi connectivity index (χ2n) is 9.38. The minimum Gasteiger partial charge on any atom is -0.496 e. The number of carbonyl (C=O) groups excluding carboxylic acids is 1. The molecule has 182 valence electrons. The Morgan fingerprint density at radius 1 is 1.09 bits per heavy atom. The molecule has 1 saturated heterocycles. The molecule has 0 amide bonds. The molecule has 34 heavy (non-hydrogen) atoms. The van der Waals surface area contributed by atoms with E-state index >= 15 is 0 Å². The van der Waals surface area contributed by atoms with Gasteiger partial charge in [-0.1, -0.05) is 37.1 Å². The lowest BCUT2D eigenvalue weighted by molar-refractivity contribution is -0.153. The number of esters is 1. The summed E-state index contributed by atoms with van der Waals surface area (Å²) in [6.07, 6.45) is 4.25. The van der Waals surface area contributed by atoms with E-state index in [0.717, 1.165) is 62.4 Å². The highest BCUT2D eigenvalue weighted by atomic mass is 16.5. The molecule has 0 bridgehead atoms. The zero-order valence-electron chi connectivity index (χ0n) is 21.0. The van der Waals surface area contributed by atoms with Gasteiger partial charge in [0.2, 0.25) is 0 Å². The third kappa shape index (κ3) is 5.47. The minimum atomic E-state index is -0.0551. The molecule has 0 unspecified atom stereocenters. The number of carbonyl (C=O) groups is 1. The Bertz CT molecular complexity index is 1050. The second kappa shape index (κ2) is 11.1. The van der Waals surface area contributed by atoms with Crippen LogP contribution in [0.4, 0.5) is 0 Å². The quantitative estimate of drug-likeness (QED) is 0.439.